The van der Waals surface area contributed by atoms with Crippen LogP contribution in [0.25, 0.3) is 0 Å². The molecular formula is C20H25N. The highest BCUT2D eigenvalue weighted by atomic mass is 15.1. The Morgan fingerprint density at radius 1 is 0.905 bits per heavy atom. The van der Waals surface area contributed by atoms with Gasteiger partial charge in [0.1, 0.15) is 0 Å². The number of hydrogen-bond donors (Lipinski definition) is 0. The van der Waals surface area contributed by atoms with Gasteiger partial charge in [-0.05, 0) is 34.8 Å². The van der Waals surface area contributed by atoms with Crippen molar-refractivity contribution < 1.29 is 0 Å². The van der Waals surface area contributed by atoms with Crippen LogP contribution in [0, 0.1) is 5.41 Å². The van der Waals surface area contributed by atoms with Crippen molar-refractivity contribution in [3.63, 3.8) is 0 Å². The first kappa shape index (κ1) is 14.2. The van der Waals surface area contributed by atoms with Crippen LogP contribution in [0.4, 0.5) is 5.69 Å². The first-order valence-corrected chi connectivity index (χ1v) is 7.90. The van der Waals surface area contributed by atoms with Gasteiger partial charge in [-0.1, -0.05) is 64.1 Å². The Balaban J connectivity index is 1.77. The van der Waals surface area contributed by atoms with Gasteiger partial charge in [0.05, 0.1) is 0 Å². The summed E-state index contributed by atoms with van der Waals surface area (Å²) in [7, 11) is 0. The molecule has 1 aliphatic carbocycles. The van der Waals surface area contributed by atoms with Gasteiger partial charge >= 0.3 is 0 Å². The molecule has 0 saturated heterocycles. The molecule has 0 aromatic heterocycles. The van der Waals surface area contributed by atoms with Gasteiger partial charge in [0.15, 0.2) is 0 Å². The second kappa shape index (κ2) is 5.22. The van der Waals surface area contributed by atoms with Crippen molar-refractivity contribution in [1.29, 1.82) is 0 Å². The van der Waals surface area contributed by atoms with E-state index in [1.807, 2.05) is 0 Å². The summed E-state index contributed by atoms with van der Waals surface area (Å²) in [4.78, 5) is 2.46. The molecule has 21 heavy (non-hydrogen) atoms. The van der Waals surface area contributed by atoms with Crippen molar-refractivity contribution in [2.24, 2.45) is 5.41 Å². The predicted molar refractivity (Wildman–Crippen MR) is 91.8 cm³/mol. The third kappa shape index (κ3) is 2.97. The number of nitrogens with zero attached hydrogens (tertiary/aromatic N) is 1. The lowest BCUT2D eigenvalue weighted by atomic mass is 9.93. The molecular weight excluding hydrogens is 254 g/mol. The van der Waals surface area contributed by atoms with Crippen molar-refractivity contribution in [1.82, 2.24) is 0 Å². The molecule has 0 N–H and O–H groups in total. The van der Waals surface area contributed by atoms with Gasteiger partial charge in [0.25, 0.3) is 0 Å². The first-order valence-electron chi connectivity index (χ1n) is 7.90. The van der Waals surface area contributed by atoms with Gasteiger partial charge in [0.2, 0.25) is 0 Å². The van der Waals surface area contributed by atoms with Gasteiger partial charge in [-0.15, -0.1) is 0 Å². The molecule has 0 atom stereocenters. The van der Waals surface area contributed by atoms with Crippen LogP contribution >= 0.6 is 0 Å². The summed E-state index contributed by atoms with van der Waals surface area (Å²) in [5.41, 5.74) is 5.84. The topological polar surface area (TPSA) is 3.24 Å². The summed E-state index contributed by atoms with van der Waals surface area (Å²) < 4.78 is 0. The van der Waals surface area contributed by atoms with Gasteiger partial charge in [-0.2, -0.15) is 0 Å². The molecule has 0 fully saturated rings. The summed E-state index contributed by atoms with van der Waals surface area (Å²) in [6.45, 7) is 11.0. The summed E-state index contributed by atoms with van der Waals surface area (Å²) in [6.07, 6.45) is 9.27. The zero-order valence-electron chi connectivity index (χ0n) is 13.6. The lowest BCUT2D eigenvalue weighted by molar-refractivity contribution is 0.626. The molecule has 110 valence electrons. The van der Waals surface area contributed by atoms with E-state index >= 15 is 0 Å². The van der Waals surface area contributed by atoms with Gasteiger partial charge in [-0.3, -0.25) is 0 Å². The maximum atomic E-state index is 2.46. The van der Waals surface area contributed by atoms with Crippen molar-refractivity contribution in [2.75, 3.05) is 18.0 Å². The lowest BCUT2D eigenvalue weighted by Crippen LogP contribution is -2.20. The quantitative estimate of drug-likeness (QED) is 0.730. The van der Waals surface area contributed by atoms with E-state index in [4.69, 9.17) is 0 Å². The Hall–Kier alpha value is -1.76. The minimum absolute atomic E-state index is 0.175. The predicted octanol–water partition coefficient (Wildman–Crippen LogP) is 5.08. The Morgan fingerprint density at radius 2 is 1.43 bits per heavy atom. The average molecular weight is 279 g/mol. The fraction of sp³-hybridized carbons (Fsp3) is 0.400. The van der Waals surface area contributed by atoms with Gasteiger partial charge < -0.3 is 4.90 Å². The molecule has 1 nitrogen and oxygen atoms in total. The second-order valence-corrected chi connectivity index (χ2v) is 7.14. The van der Waals surface area contributed by atoms with E-state index in [1.54, 1.807) is 0 Å². The molecule has 1 aromatic rings. The molecule has 0 amide bonds. The monoisotopic (exact) mass is 279 g/mol. The Labute approximate surface area is 128 Å². The van der Waals surface area contributed by atoms with Crippen molar-refractivity contribution >= 4 is 5.69 Å². The van der Waals surface area contributed by atoms with Crippen LogP contribution < -0.4 is 4.90 Å². The molecule has 1 aromatic carbocycles. The minimum atomic E-state index is 0.175. The smallest absolute Gasteiger partial charge is 0.0436 e. The molecule has 0 unspecified atom stereocenters. The largest absolute Gasteiger partial charge is 0.363 e. The SMILES string of the molecule is CC(C)c1ccc(N2CC3=C(C=CC(C)(C)C=C3)C2)cc1. The third-order valence-electron chi connectivity index (χ3n) is 4.49. The normalized spacial score (nSPS) is 20.1. The first-order chi connectivity index (χ1) is 9.94. The Morgan fingerprint density at radius 3 is 1.90 bits per heavy atom. The second-order valence-electron chi connectivity index (χ2n) is 7.14. The average Bonchev–Trinajstić information content (AvgIpc) is 2.81. The van der Waals surface area contributed by atoms with E-state index in [9.17, 15) is 0 Å². The molecule has 0 spiro atoms. The molecule has 1 heteroatoms. The molecule has 1 aliphatic heterocycles. The van der Waals surface area contributed by atoms with Crippen molar-refractivity contribution in [3.05, 3.63) is 65.3 Å². The van der Waals surface area contributed by atoms with Gasteiger partial charge in [-0.25, -0.2) is 0 Å². The summed E-state index contributed by atoms with van der Waals surface area (Å²) in [5, 5.41) is 0. The van der Waals surface area contributed by atoms with Crippen LogP contribution in [0.5, 0.6) is 0 Å². The highest BCUT2D eigenvalue weighted by molar-refractivity contribution is 5.58. The van der Waals surface area contributed by atoms with Crippen LogP contribution in [-0.2, 0) is 0 Å². The van der Waals surface area contributed by atoms with Crippen LogP contribution in [0.2, 0.25) is 0 Å². The summed E-state index contributed by atoms with van der Waals surface area (Å²) in [5.74, 6) is 0.598. The van der Waals surface area contributed by atoms with Crippen molar-refractivity contribution in [2.45, 2.75) is 33.6 Å². The van der Waals surface area contributed by atoms with Crippen LogP contribution in [0.1, 0.15) is 39.2 Å². The molecule has 1 heterocycles. The van der Waals surface area contributed by atoms with Crippen LogP contribution in [0.15, 0.2) is 59.7 Å². The molecule has 0 bridgehead atoms. The number of rotatable bonds is 2. The van der Waals surface area contributed by atoms with E-state index < -0.39 is 0 Å². The van der Waals surface area contributed by atoms with E-state index in [-0.39, 0.29) is 5.41 Å². The van der Waals surface area contributed by atoms with Crippen LogP contribution in [-0.4, -0.2) is 13.1 Å². The zero-order valence-corrected chi connectivity index (χ0v) is 13.6. The maximum absolute atomic E-state index is 2.46. The van der Waals surface area contributed by atoms with E-state index in [0.29, 0.717) is 5.92 Å². The zero-order chi connectivity index (χ0) is 15.0. The maximum Gasteiger partial charge on any atom is 0.0436 e. The fourth-order valence-corrected chi connectivity index (χ4v) is 2.93. The van der Waals surface area contributed by atoms with E-state index in [1.165, 1.54) is 22.4 Å². The number of hydrogen-bond acceptors (Lipinski definition) is 1. The number of benzene rings is 1. The number of anilines is 1. The van der Waals surface area contributed by atoms with E-state index in [2.05, 4.69) is 81.2 Å². The standard InChI is InChI=1S/C20H25N/c1-15(2)16-5-7-19(8-6-16)21-13-17-9-11-20(3,4)12-10-18(17)14-21/h5-12,15H,13-14H2,1-4H3. The van der Waals surface area contributed by atoms with Gasteiger partial charge in [0, 0.05) is 24.2 Å². The molecule has 0 saturated carbocycles. The Kier molecular flexibility index (Phi) is 3.52. The molecule has 3 rings (SSSR count). The van der Waals surface area contributed by atoms with Crippen LogP contribution in [0.3, 0.4) is 0 Å². The summed E-state index contributed by atoms with van der Waals surface area (Å²) in [6, 6.07) is 9.05. The third-order valence-corrected chi connectivity index (χ3v) is 4.49. The number of allylic oxidation sites excluding steroid dienone is 2. The summed E-state index contributed by atoms with van der Waals surface area (Å²) >= 11 is 0. The lowest BCUT2D eigenvalue weighted by Gasteiger charge is -2.20. The van der Waals surface area contributed by atoms with E-state index in [0.717, 1.165) is 13.1 Å². The molecule has 0 radical (unpaired) electrons. The molecule has 2 aliphatic rings. The highest BCUT2D eigenvalue weighted by Crippen LogP contribution is 2.32. The fourth-order valence-electron chi connectivity index (χ4n) is 2.93. The minimum Gasteiger partial charge on any atom is -0.363 e. The Bertz CT molecular complexity index is 584. The highest BCUT2D eigenvalue weighted by Gasteiger charge is 2.22. The van der Waals surface area contributed by atoms with Crippen molar-refractivity contribution in [3.8, 4) is 0 Å².